The molecule has 4 nitrogen and oxygen atoms in total. The fourth-order valence-corrected chi connectivity index (χ4v) is 1.75. The van der Waals surface area contributed by atoms with Gasteiger partial charge in [-0.15, -0.1) is 0 Å². The van der Waals surface area contributed by atoms with Crippen LogP contribution in [-0.2, 0) is 0 Å². The van der Waals surface area contributed by atoms with Crippen molar-refractivity contribution < 1.29 is 14.9 Å². The van der Waals surface area contributed by atoms with Crippen molar-refractivity contribution in [2.75, 3.05) is 20.7 Å². The third-order valence-electron chi connectivity index (χ3n) is 2.78. The van der Waals surface area contributed by atoms with Gasteiger partial charge < -0.3 is 20.3 Å². The van der Waals surface area contributed by atoms with E-state index in [2.05, 4.69) is 5.32 Å². The van der Waals surface area contributed by atoms with Crippen LogP contribution in [0.3, 0.4) is 0 Å². The average Bonchev–Trinajstić information content (AvgIpc) is 2.24. The van der Waals surface area contributed by atoms with Gasteiger partial charge in [0.05, 0.1) is 13.2 Å². The van der Waals surface area contributed by atoms with Crippen molar-refractivity contribution in [1.29, 1.82) is 0 Å². The Bertz CT molecular complexity index is 377. The average molecular weight is 225 g/mol. The van der Waals surface area contributed by atoms with Gasteiger partial charge in [0, 0.05) is 12.1 Å². The SMILES string of the molecule is CNCC(O)c1c(C)c(C)cc(OC)c1O. The molecule has 1 rings (SSSR count). The van der Waals surface area contributed by atoms with Crippen LogP contribution in [0.15, 0.2) is 6.07 Å². The number of aryl methyl sites for hydroxylation is 1. The molecule has 1 atom stereocenters. The largest absolute Gasteiger partial charge is 0.504 e. The molecule has 0 aliphatic heterocycles. The number of methoxy groups -OCH3 is 1. The van der Waals surface area contributed by atoms with Gasteiger partial charge >= 0.3 is 0 Å². The smallest absolute Gasteiger partial charge is 0.163 e. The van der Waals surface area contributed by atoms with E-state index in [1.54, 1.807) is 13.1 Å². The summed E-state index contributed by atoms with van der Waals surface area (Å²) in [5.41, 5.74) is 2.41. The summed E-state index contributed by atoms with van der Waals surface area (Å²) < 4.78 is 5.07. The molecule has 0 saturated heterocycles. The van der Waals surface area contributed by atoms with E-state index in [1.807, 2.05) is 13.8 Å². The first-order valence-corrected chi connectivity index (χ1v) is 5.22. The van der Waals surface area contributed by atoms with E-state index < -0.39 is 6.10 Å². The minimum absolute atomic E-state index is 0.0216. The summed E-state index contributed by atoms with van der Waals surface area (Å²) in [7, 11) is 3.25. The van der Waals surface area contributed by atoms with E-state index in [-0.39, 0.29) is 5.75 Å². The van der Waals surface area contributed by atoms with Gasteiger partial charge in [0.15, 0.2) is 11.5 Å². The van der Waals surface area contributed by atoms with E-state index >= 15 is 0 Å². The predicted octanol–water partition coefficient (Wildman–Crippen LogP) is 1.27. The second-order valence-electron chi connectivity index (χ2n) is 3.86. The molecule has 0 amide bonds. The van der Waals surface area contributed by atoms with Crippen LogP contribution in [0.5, 0.6) is 11.5 Å². The number of ether oxygens (including phenoxy) is 1. The number of aliphatic hydroxyl groups excluding tert-OH is 1. The lowest BCUT2D eigenvalue weighted by Gasteiger charge is -2.18. The standard InChI is InChI=1S/C12H19NO3/c1-7-5-10(16-4)12(15)11(8(7)2)9(14)6-13-3/h5,9,13-15H,6H2,1-4H3. The topological polar surface area (TPSA) is 61.7 Å². The number of phenolic OH excluding ortho intramolecular Hbond substituents is 1. The second-order valence-corrected chi connectivity index (χ2v) is 3.86. The molecule has 90 valence electrons. The summed E-state index contributed by atoms with van der Waals surface area (Å²) in [4.78, 5) is 0. The normalized spacial score (nSPS) is 12.6. The maximum absolute atomic E-state index is 9.98. The van der Waals surface area contributed by atoms with Crippen molar-refractivity contribution in [3.05, 3.63) is 22.8 Å². The Hall–Kier alpha value is -1.26. The molecule has 16 heavy (non-hydrogen) atoms. The van der Waals surface area contributed by atoms with Gasteiger partial charge in [-0.25, -0.2) is 0 Å². The van der Waals surface area contributed by atoms with E-state index in [9.17, 15) is 10.2 Å². The molecule has 0 aliphatic rings. The van der Waals surface area contributed by atoms with Crippen molar-refractivity contribution in [2.45, 2.75) is 20.0 Å². The van der Waals surface area contributed by atoms with Crippen molar-refractivity contribution in [3.63, 3.8) is 0 Å². The molecule has 0 aromatic heterocycles. The monoisotopic (exact) mass is 225 g/mol. The van der Waals surface area contributed by atoms with E-state index in [1.165, 1.54) is 7.11 Å². The summed E-state index contributed by atoms with van der Waals surface area (Å²) in [6, 6.07) is 1.76. The Morgan fingerprint density at radius 2 is 2.06 bits per heavy atom. The van der Waals surface area contributed by atoms with Crippen LogP contribution in [0.25, 0.3) is 0 Å². The molecule has 0 aliphatic carbocycles. The first-order valence-electron chi connectivity index (χ1n) is 5.22. The zero-order chi connectivity index (χ0) is 12.3. The molecule has 1 unspecified atom stereocenters. The van der Waals surface area contributed by atoms with Gasteiger partial charge in [-0.2, -0.15) is 0 Å². The molecule has 0 saturated carbocycles. The highest BCUT2D eigenvalue weighted by atomic mass is 16.5. The van der Waals surface area contributed by atoms with Crippen LogP contribution >= 0.6 is 0 Å². The van der Waals surface area contributed by atoms with Crippen LogP contribution in [0.4, 0.5) is 0 Å². The van der Waals surface area contributed by atoms with Gasteiger partial charge in [0.1, 0.15) is 0 Å². The molecule has 0 heterocycles. The molecule has 1 aromatic rings. The summed E-state index contributed by atoms with van der Waals surface area (Å²) in [5.74, 6) is 0.418. The molecule has 3 N–H and O–H groups in total. The number of aliphatic hydroxyl groups is 1. The van der Waals surface area contributed by atoms with Crippen LogP contribution in [-0.4, -0.2) is 30.9 Å². The Labute approximate surface area is 95.9 Å². The van der Waals surface area contributed by atoms with Gasteiger partial charge in [-0.3, -0.25) is 0 Å². The molecule has 0 spiro atoms. The quantitative estimate of drug-likeness (QED) is 0.722. The molecular formula is C12H19NO3. The summed E-state index contributed by atoms with van der Waals surface area (Å²) in [5, 5.41) is 22.8. The number of benzene rings is 1. The zero-order valence-electron chi connectivity index (χ0n) is 10.2. The number of nitrogens with one attached hydrogen (secondary N) is 1. The maximum atomic E-state index is 9.98. The number of hydrogen-bond acceptors (Lipinski definition) is 4. The van der Waals surface area contributed by atoms with Crippen LogP contribution < -0.4 is 10.1 Å². The zero-order valence-corrected chi connectivity index (χ0v) is 10.2. The van der Waals surface area contributed by atoms with Gasteiger partial charge in [-0.05, 0) is 38.1 Å². The third kappa shape index (κ3) is 2.28. The highest BCUT2D eigenvalue weighted by molar-refractivity contribution is 5.54. The Balaban J connectivity index is 3.29. The van der Waals surface area contributed by atoms with Crippen LogP contribution in [0, 0.1) is 13.8 Å². The van der Waals surface area contributed by atoms with E-state index in [4.69, 9.17) is 4.74 Å². The van der Waals surface area contributed by atoms with Gasteiger partial charge in [0.2, 0.25) is 0 Å². The van der Waals surface area contributed by atoms with Gasteiger partial charge in [0.25, 0.3) is 0 Å². The van der Waals surface area contributed by atoms with Crippen molar-refractivity contribution >= 4 is 0 Å². The Morgan fingerprint density at radius 3 is 2.56 bits per heavy atom. The molecule has 0 radical (unpaired) electrons. The first-order chi connectivity index (χ1) is 7.52. The first kappa shape index (κ1) is 12.8. The van der Waals surface area contributed by atoms with Crippen LogP contribution in [0.1, 0.15) is 22.8 Å². The molecule has 0 fully saturated rings. The van der Waals surface area contributed by atoms with Gasteiger partial charge in [-0.1, -0.05) is 0 Å². The highest BCUT2D eigenvalue weighted by Gasteiger charge is 2.19. The third-order valence-corrected chi connectivity index (χ3v) is 2.78. The minimum Gasteiger partial charge on any atom is -0.504 e. The molecule has 0 bridgehead atoms. The van der Waals surface area contributed by atoms with Crippen molar-refractivity contribution in [1.82, 2.24) is 5.32 Å². The fourth-order valence-electron chi connectivity index (χ4n) is 1.75. The minimum atomic E-state index is -0.737. The number of rotatable bonds is 4. The lowest BCUT2D eigenvalue weighted by molar-refractivity contribution is 0.172. The summed E-state index contributed by atoms with van der Waals surface area (Å²) in [6.07, 6.45) is -0.737. The Morgan fingerprint density at radius 1 is 1.44 bits per heavy atom. The van der Waals surface area contributed by atoms with E-state index in [0.717, 1.165) is 11.1 Å². The predicted molar refractivity (Wildman–Crippen MR) is 63.0 cm³/mol. The lowest BCUT2D eigenvalue weighted by atomic mass is 9.97. The lowest BCUT2D eigenvalue weighted by Crippen LogP contribution is -2.18. The second kappa shape index (κ2) is 5.18. The molecule has 1 aromatic carbocycles. The van der Waals surface area contributed by atoms with Crippen molar-refractivity contribution in [3.8, 4) is 11.5 Å². The van der Waals surface area contributed by atoms with Crippen LogP contribution in [0.2, 0.25) is 0 Å². The van der Waals surface area contributed by atoms with Crippen molar-refractivity contribution in [2.24, 2.45) is 0 Å². The summed E-state index contributed by atoms with van der Waals surface area (Å²) >= 11 is 0. The maximum Gasteiger partial charge on any atom is 0.163 e. The number of likely N-dealkylation sites (N-methyl/N-ethyl adjacent to an activating group) is 1. The molecule has 4 heteroatoms. The summed E-state index contributed by atoms with van der Waals surface area (Å²) in [6.45, 7) is 4.19. The highest BCUT2D eigenvalue weighted by Crippen LogP contribution is 2.37. The fraction of sp³-hybridized carbons (Fsp3) is 0.500. The van der Waals surface area contributed by atoms with E-state index in [0.29, 0.717) is 17.9 Å². The Kier molecular flexibility index (Phi) is 4.15. The number of aromatic hydroxyl groups is 1. The number of hydrogen-bond donors (Lipinski definition) is 3. The molecular weight excluding hydrogens is 206 g/mol. The number of phenols is 1.